The Labute approximate surface area is 399 Å². The monoisotopic (exact) mass is 900 g/mol. The normalized spacial score (nSPS) is 12.6. The number of nitriles is 2. The molecule has 0 spiro atoms. The highest BCUT2D eigenvalue weighted by molar-refractivity contribution is 7.11. The number of fused-ring (bicyclic) bond motifs is 1. The predicted octanol–water partition coefficient (Wildman–Crippen LogP) is 12.8. The maximum Gasteiger partial charge on any atom is 0.527 e. The molecule has 67 heavy (non-hydrogen) atoms. The number of benzene rings is 4. The Morgan fingerprint density at radius 2 is 1.18 bits per heavy atom. The Morgan fingerprint density at radius 3 is 1.66 bits per heavy atom. The maximum absolute atomic E-state index is 13.0. The Hall–Kier alpha value is -8.14. The van der Waals surface area contributed by atoms with Crippen molar-refractivity contribution in [2.45, 2.75) is 54.4 Å². The van der Waals surface area contributed by atoms with Crippen molar-refractivity contribution < 1.29 is 9.59 Å². The van der Waals surface area contributed by atoms with Gasteiger partial charge in [-0.3, -0.25) is 9.59 Å². The molecule has 4 aromatic carbocycles. The van der Waals surface area contributed by atoms with E-state index in [0.717, 1.165) is 44.9 Å². The number of aromatic nitrogens is 1. The van der Waals surface area contributed by atoms with Crippen LogP contribution < -0.4 is 9.80 Å². The van der Waals surface area contributed by atoms with Crippen LogP contribution in [0.1, 0.15) is 79.9 Å². The molecule has 11 heteroatoms. The van der Waals surface area contributed by atoms with E-state index in [1.54, 1.807) is 30.3 Å². The van der Waals surface area contributed by atoms with Crippen molar-refractivity contribution in [1.29, 1.82) is 10.5 Å². The summed E-state index contributed by atoms with van der Waals surface area (Å²) in [5, 5.41) is 22.2. The van der Waals surface area contributed by atoms with Crippen LogP contribution in [0.5, 0.6) is 0 Å². The molecular weight excluding hydrogens is 849 g/mol. The quantitative estimate of drug-likeness (QED) is 0.101. The minimum absolute atomic E-state index is 0.0667. The Morgan fingerprint density at radius 1 is 0.687 bits per heavy atom. The highest BCUT2D eigenvalue weighted by Gasteiger charge is 2.35. The molecule has 0 radical (unpaired) electrons. The van der Waals surface area contributed by atoms with Gasteiger partial charge in [-0.25, -0.2) is 9.83 Å². The van der Waals surface area contributed by atoms with Gasteiger partial charge in [-0.2, -0.15) is 20.2 Å². The molecule has 1 heterocycles. The van der Waals surface area contributed by atoms with Crippen molar-refractivity contribution >= 4 is 63.3 Å². The SMILES string of the molecule is [C-]#[N+]C(=Cc1ccc(N(C)C)cc1CC(=O)C(C)(C)C)c1nc(-c2ccccc2)cs1.[C-]#[N+]C([N+]#[C-])=C1C(=Cc2ccc(N(C)C)cc2CC(=O)C(C)(C)C)C(=C(C#N)C#N)c2ccccc21. The van der Waals surface area contributed by atoms with Crippen LogP contribution >= 0.6 is 11.3 Å². The Kier molecular flexibility index (Phi) is 15.8. The molecule has 1 aliphatic rings. The minimum atomic E-state index is -0.533. The van der Waals surface area contributed by atoms with Gasteiger partial charge in [0.05, 0.1) is 17.8 Å². The van der Waals surface area contributed by atoms with Gasteiger partial charge in [-0.1, -0.05) is 108 Å². The molecule has 10 nitrogen and oxygen atoms in total. The number of Topliss-reactive ketones (excluding diaryl/α,β-unsaturated/α-hetero) is 2. The number of carbonyl (C=O) groups excluding carboxylic acids is 2. The van der Waals surface area contributed by atoms with Crippen molar-refractivity contribution in [3.05, 3.63) is 186 Å². The molecule has 0 saturated heterocycles. The summed E-state index contributed by atoms with van der Waals surface area (Å²) in [6.45, 7) is 34.4. The van der Waals surface area contributed by atoms with Crippen LogP contribution in [-0.4, -0.2) is 44.7 Å². The van der Waals surface area contributed by atoms with E-state index in [9.17, 15) is 20.1 Å². The fourth-order valence-corrected chi connectivity index (χ4v) is 7.83. The summed E-state index contributed by atoms with van der Waals surface area (Å²) in [6, 6.07) is 32.8. The summed E-state index contributed by atoms with van der Waals surface area (Å²) >= 11 is 1.46. The lowest BCUT2D eigenvalue weighted by molar-refractivity contribution is -0.126. The van der Waals surface area contributed by atoms with Crippen molar-refractivity contribution in [1.82, 2.24) is 4.98 Å². The largest absolute Gasteiger partial charge is 0.527 e. The first-order chi connectivity index (χ1) is 31.7. The van der Waals surface area contributed by atoms with E-state index in [-0.39, 0.29) is 29.4 Å². The number of rotatable bonds is 10. The highest BCUT2D eigenvalue weighted by atomic mass is 32.1. The number of ketones is 2. The van der Waals surface area contributed by atoms with Crippen molar-refractivity contribution in [2.75, 3.05) is 38.0 Å². The number of anilines is 2. The molecule has 0 saturated carbocycles. The van der Waals surface area contributed by atoms with Gasteiger partial charge in [0.15, 0.2) is 0 Å². The van der Waals surface area contributed by atoms with Crippen LogP contribution in [0.15, 0.2) is 113 Å². The zero-order chi connectivity index (χ0) is 49.2. The summed E-state index contributed by atoms with van der Waals surface area (Å²) in [5.74, 6) is 0.0937. The second kappa shape index (κ2) is 21.2. The molecule has 0 atom stereocenters. The second-order valence-corrected chi connectivity index (χ2v) is 19.2. The van der Waals surface area contributed by atoms with Crippen LogP contribution in [0.2, 0.25) is 0 Å². The van der Waals surface area contributed by atoms with Crippen LogP contribution in [0.4, 0.5) is 11.4 Å². The van der Waals surface area contributed by atoms with Gasteiger partial charge >= 0.3 is 5.82 Å². The third-order valence-electron chi connectivity index (χ3n) is 11.1. The summed E-state index contributed by atoms with van der Waals surface area (Å²) in [4.78, 5) is 45.0. The lowest BCUT2D eigenvalue weighted by atomic mass is 9.85. The molecule has 0 N–H and O–H groups in total. The lowest BCUT2D eigenvalue weighted by Gasteiger charge is -2.20. The Balaban J connectivity index is 0.000000254. The minimum Gasteiger partial charge on any atom is -0.378 e. The van der Waals surface area contributed by atoms with Crippen molar-refractivity contribution in [2.24, 2.45) is 10.8 Å². The maximum atomic E-state index is 13.0. The van der Waals surface area contributed by atoms with Gasteiger partial charge in [0.1, 0.15) is 47.4 Å². The van der Waals surface area contributed by atoms with E-state index in [4.69, 9.17) is 19.7 Å². The number of nitrogens with zero attached hydrogens (tertiary/aromatic N) is 8. The van der Waals surface area contributed by atoms with E-state index in [0.29, 0.717) is 45.0 Å². The lowest BCUT2D eigenvalue weighted by Crippen LogP contribution is -2.22. The van der Waals surface area contributed by atoms with Gasteiger partial charge in [0, 0.05) is 79.8 Å². The molecule has 6 rings (SSSR count). The number of hydrogen-bond acceptors (Lipinski definition) is 8. The molecule has 0 amide bonds. The summed E-state index contributed by atoms with van der Waals surface area (Å²) in [5.41, 5.74) is 9.06. The average Bonchev–Trinajstić information content (AvgIpc) is 3.91. The van der Waals surface area contributed by atoms with E-state index in [2.05, 4.69) is 19.5 Å². The van der Waals surface area contributed by atoms with Crippen LogP contribution in [0.25, 0.3) is 54.8 Å². The predicted molar refractivity (Wildman–Crippen MR) is 273 cm³/mol. The first-order valence-electron chi connectivity index (χ1n) is 21.4. The zero-order valence-corrected chi connectivity index (χ0v) is 40.4. The van der Waals surface area contributed by atoms with Crippen molar-refractivity contribution in [3.8, 4) is 23.4 Å². The van der Waals surface area contributed by atoms with E-state index < -0.39 is 10.8 Å². The van der Waals surface area contributed by atoms with Gasteiger partial charge in [0.2, 0.25) is 5.70 Å². The number of hydrogen-bond donors (Lipinski definition) is 0. The van der Waals surface area contributed by atoms with Crippen LogP contribution in [0.3, 0.4) is 0 Å². The molecule has 1 aromatic heterocycles. The fraction of sp³-hybridized carbons (Fsp3) is 0.250. The van der Waals surface area contributed by atoms with Crippen LogP contribution in [0, 0.1) is 53.2 Å². The van der Waals surface area contributed by atoms with Crippen LogP contribution in [-0.2, 0) is 22.4 Å². The Bertz CT molecular complexity index is 2980. The zero-order valence-electron chi connectivity index (χ0n) is 39.6. The number of carbonyl (C=O) groups is 2. The molecular formula is C56H52N8O2S. The summed E-state index contributed by atoms with van der Waals surface area (Å²) in [7, 11) is 7.79. The third kappa shape index (κ3) is 11.8. The first kappa shape index (κ1) is 49.9. The molecule has 0 aliphatic heterocycles. The molecule has 334 valence electrons. The average molecular weight is 901 g/mol. The van der Waals surface area contributed by atoms with E-state index in [1.807, 2.05) is 170 Å². The number of thiazole rings is 1. The molecule has 0 unspecified atom stereocenters. The molecule has 0 fully saturated rings. The second-order valence-electron chi connectivity index (χ2n) is 18.3. The van der Waals surface area contributed by atoms with Gasteiger partial charge < -0.3 is 9.80 Å². The van der Waals surface area contributed by atoms with Gasteiger partial charge in [0.25, 0.3) is 0 Å². The summed E-state index contributed by atoms with van der Waals surface area (Å²) in [6.07, 6.45) is 4.17. The fourth-order valence-electron chi connectivity index (χ4n) is 7.04. The van der Waals surface area contributed by atoms with Crippen molar-refractivity contribution in [3.63, 3.8) is 0 Å². The molecule has 5 aromatic rings. The molecule has 0 bridgehead atoms. The van der Waals surface area contributed by atoms with E-state index in [1.165, 1.54) is 11.3 Å². The smallest absolute Gasteiger partial charge is 0.378 e. The van der Waals surface area contributed by atoms with Gasteiger partial charge in [-0.05, 0) is 75.4 Å². The molecule has 1 aliphatic carbocycles. The van der Waals surface area contributed by atoms with Gasteiger partial charge in [-0.15, -0.1) is 11.3 Å². The standard InChI is InChI=1S/C30H25N5O.C26H27N3OS/c1-30(2,3)26(36)16-20-14-22(35(6)7)13-12-19(20)15-25-27(21(17-31)18-32)23-10-8-9-11-24(23)28(25)29(33-4)34-5;1-26(2,3)24(30)16-20-14-21(29(5)6)13-12-19(20)15-22(27-4)25-28-23(17-31-25)18-10-8-7-9-11-18/h8-15H,16H2,1-3,6-7H3;7-15,17H,16H2,1-3,5-6H3. The topological polar surface area (TPSA) is 114 Å². The first-order valence-corrected chi connectivity index (χ1v) is 22.3. The number of allylic oxidation sites excluding steroid dienone is 4. The summed E-state index contributed by atoms with van der Waals surface area (Å²) < 4.78 is 0. The van der Waals surface area contributed by atoms with E-state index >= 15 is 0 Å². The third-order valence-corrected chi connectivity index (χ3v) is 11.9. The highest BCUT2D eigenvalue weighted by Crippen LogP contribution is 2.49.